The van der Waals surface area contributed by atoms with Crippen LogP contribution >= 0.6 is 0 Å². The van der Waals surface area contributed by atoms with Crippen molar-refractivity contribution in [3.8, 4) is 0 Å². The average Bonchev–Trinajstić information content (AvgIpc) is 3.42. The van der Waals surface area contributed by atoms with Crippen LogP contribution in [0, 0.1) is 34.5 Å². The number of hydrogen-bond donors (Lipinski definition) is 2. The van der Waals surface area contributed by atoms with Crippen LogP contribution in [0.25, 0.3) is 0 Å². The number of cyclic esters (lactones) is 1. The quantitative estimate of drug-likeness (QED) is 0.373. The second-order valence-corrected chi connectivity index (χ2v) is 14.3. The third-order valence-electron chi connectivity index (χ3n) is 12.5. The molecule has 0 aromatic rings. The number of carbonyl (C=O) groups excluding carboxylic acids is 2. The van der Waals surface area contributed by atoms with Crippen LogP contribution in [0.4, 0.5) is 0 Å². The van der Waals surface area contributed by atoms with Crippen molar-refractivity contribution in [2.75, 3.05) is 13.7 Å². The molecule has 13 atom stereocenters. The number of aliphatic hydroxyl groups is 2. The van der Waals surface area contributed by atoms with Gasteiger partial charge in [-0.2, -0.15) is 0 Å². The third kappa shape index (κ3) is 4.69. The molecule has 0 radical (unpaired) electrons. The topological polar surface area (TPSA) is 121 Å². The first-order valence-corrected chi connectivity index (χ1v) is 15.7. The van der Waals surface area contributed by atoms with Gasteiger partial charge in [0.15, 0.2) is 6.29 Å². The van der Waals surface area contributed by atoms with Crippen LogP contribution in [-0.2, 0) is 33.3 Å². The summed E-state index contributed by atoms with van der Waals surface area (Å²) in [6, 6.07) is 0. The van der Waals surface area contributed by atoms with E-state index in [1.54, 1.807) is 13.2 Å². The van der Waals surface area contributed by atoms with E-state index in [0.29, 0.717) is 24.7 Å². The van der Waals surface area contributed by atoms with Gasteiger partial charge in [0.05, 0.1) is 23.9 Å². The Bertz CT molecular complexity index is 1080. The Hall–Kier alpha value is -1.52. The van der Waals surface area contributed by atoms with Crippen molar-refractivity contribution >= 4 is 11.9 Å². The number of esters is 2. The van der Waals surface area contributed by atoms with Gasteiger partial charge in [0.1, 0.15) is 18.8 Å². The third-order valence-corrected chi connectivity index (χ3v) is 12.5. The number of ether oxygens (including phenoxy) is 5. The van der Waals surface area contributed by atoms with Crippen LogP contribution in [0.2, 0.25) is 0 Å². The van der Waals surface area contributed by atoms with E-state index in [-0.39, 0.29) is 60.4 Å². The summed E-state index contributed by atoms with van der Waals surface area (Å²) in [6.45, 7) is 8.06. The highest BCUT2D eigenvalue weighted by Crippen LogP contribution is 2.70. The molecule has 0 bridgehead atoms. The van der Waals surface area contributed by atoms with E-state index in [9.17, 15) is 19.8 Å². The molecule has 0 amide bonds. The molecule has 4 aliphatic carbocycles. The molecule has 0 spiro atoms. The largest absolute Gasteiger partial charge is 0.462 e. The fraction of sp³-hybridized carbons (Fsp3) is 0.875. The van der Waals surface area contributed by atoms with Crippen molar-refractivity contribution in [1.82, 2.24) is 0 Å². The molecule has 230 valence electrons. The molecule has 2 N–H and O–H groups in total. The maximum atomic E-state index is 12.7. The van der Waals surface area contributed by atoms with E-state index in [2.05, 4.69) is 13.8 Å². The molecule has 0 aromatic heterocycles. The minimum Gasteiger partial charge on any atom is -0.462 e. The highest BCUT2D eigenvalue weighted by atomic mass is 16.7. The van der Waals surface area contributed by atoms with E-state index < -0.39 is 23.2 Å². The number of fused-ring (bicyclic) bond motifs is 5. The van der Waals surface area contributed by atoms with Gasteiger partial charge in [-0.05, 0) is 80.6 Å². The molecule has 6 rings (SSSR count). The highest BCUT2D eigenvalue weighted by molar-refractivity contribution is 5.85. The molecular formula is C32H48O9. The molecule has 2 heterocycles. The van der Waals surface area contributed by atoms with Crippen LogP contribution in [-0.4, -0.2) is 78.3 Å². The van der Waals surface area contributed by atoms with Gasteiger partial charge in [-0.25, -0.2) is 4.79 Å². The fourth-order valence-electron chi connectivity index (χ4n) is 10.4. The summed E-state index contributed by atoms with van der Waals surface area (Å²) >= 11 is 0. The number of methoxy groups -OCH3 is 1. The van der Waals surface area contributed by atoms with Gasteiger partial charge >= 0.3 is 11.9 Å². The van der Waals surface area contributed by atoms with Gasteiger partial charge in [0.25, 0.3) is 0 Å². The Morgan fingerprint density at radius 1 is 1.07 bits per heavy atom. The highest BCUT2D eigenvalue weighted by Gasteiger charge is 2.71. The summed E-state index contributed by atoms with van der Waals surface area (Å²) in [6.07, 6.45) is 7.14. The SMILES string of the molecule is CO[C@@H]1C[C@H](O[C@H]2CC[C@@]3(C)[C@H](CC[C@@H]4[C@@H]3CC[C@]3(C)[C@@H](C5=CC(=O)OC5)[C@@H](OC(C)=O)C[C@]43O)C2)OC(C)[C@@H]1O. The van der Waals surface area contributed by atoms with Gasteiger partial charge in [-0.1, -0.05) is 13.8 Å². The van der Waals surface area contributed by atoms with Crippen molar-refractivity contribution in [2.45, 2.75) is 128 Å². The van der Waals surface area contributed by atoms with Gasteiger partial charge in [0.2, 0.25) is 0 Å². The van der Waals surface area contributed by atoms with Gasteiger partial charge in [-0.3, -0.25) is 4.79 Å². The lowest BCUT2D eigenvalue weighted by Crippen LogP contribution is -2.62. The van der Waals surface area contributed by atoms with Crippen molar-refractivity contribution in [3.05, 3.63) is 11.6 Å². The van der Waals surface area contributed by atoms with E-state index in [4.69, 9.17) is 23.7 Å². The molecule has 2 aliphatic heterocycles. The zero-order valence-corrected chi connectivity index (χ0v) is 25.2. The fourth-order valence-corrected chi connectivity index (χ4v) is 10.4. The Labute approximate surface area is 243 Å². The number of hydrogen-bond acceptors (Lipinski definition) is 9. The zero-order chi connectivity index (χ0) is 29.3. The molecule has 4 saturated carbocycles. The van der Waals surface area contributed by atoms with Crippen molar-refractivity contribution in [2.24, 2.45) is 34.5 Å². The van der Waals surface area contributed by atoms with Gasteiger partial charge in [0, 0.05) is 44.3 Å². The summed E-state index contributed by atoms with van der Waals surface area (Å²) in [5, 5.41) is 23.0. The second kappa shape index (κ2) is 10.6. The van der Waals surface area contributed by atoms with Crippen molar-refractivity contribution in [1.29, 1.82) is 0 Å². The lowest BCUT2D eigenvalue weighted by molar-refractivity contribution is -0.273. The molecule has 6 aliphatic rings. The van der Waals surface area contributed by atoms with E-state index in [1.165, 1.54) is 6.92 Å². The Balaban J connectivity index is 1.19. The zero-order valence-electron chi connectivity index (χ0n) is 25.2. The van der Waals surface area contributed by atoms with E-state index >= 15 is 0 Å². The smallest absolute Gasteiger partial charge is 0.331 e. The Morgan fingerprint density at radius 3 is 2.54 bits per heavy atom. The summed E-state index contributed by atoms with van der Waals surface area (Å²) in [5.74, 6) is 0.0175. The number of carbonyl (C=O) groups is 2. The predicted molar refractivity (Wildman–Crippen MR) is 147 cm³/mol. The molecule has 41 heavy (non-hydrogen) atoms. The minimum atomic E-state index is -0.990. The van der Waals surface area contributed by atoms with E-state index in [0.717, 1.165) is 50.5 Å². The second-order valence-electron chi connectivity index (χ2n) is 14.3. The van der Waals surface area contributed by atoms with Crippen LogP contribution in [0.1, 0.15) is 85.5 Å². The first-order chi connectivity index (χ1) is 19.4. The Kier molecular flexibility index (Phi) is 7.62. The molecule has 1 unspecified atom stereocenters. The maximum Gasteiger partial charge on any atom is 0.331 e. The molecule has 9 heteroatoms. The van der Waals surface area contributed by atoms with Crippen LogP contribution in [0.3, 0.4) is 0 Å². The normalized spacial score (nSPS) is 51.2. The minimum absolute atomic E-state index is 0.0898. The molecule has 0 aromatic carbocycles. The first-order valence-electron chi connectivity index (χ1n) is 15.7. The average molecular weight is 577 g/mol. The number of aliphatic hydroxyl groups excluding tert-OH is 1. The monoisotopic (exact) mass is 576 g/mol. The lowest BCUT2D eigenvalue weighted by atomic mass is 9.43. The van der Waals surface area contributed by atoms with E-state index in [1.807, 2.05) is 6.92 Å². The molecule has 5 fully saturated rings. The van der Waals surface area contributed by atoms with Crippen LogP contribution in [0.5, 0.6) is 0 Å². The van der Waals surface area contributed by atoms with Crippen molar-refractivity contribution < 1.29 is 43.5 Å². The lowest BCUT2D eigenvalue weighted by Gasteiger charge is -2.63. The number of rotatable bonds is 5. The summed E-state index contributed by atoms with van der Waals surface area (Å²) in [4.78, 5) is 24.2. The van der Waals surface area contributed by atoms with Crippen LogP contribution in [0.15, 0.2) is 11.6 Å². The molecule has 9 nitrogen and oxygen atoms in total. The first kappa shape index (κ1) is 29.5. The summed E-state index contributed by atoms with van der Waals surface area (Å²) < 4.78 is 29.1. The van der Waals surface area contributed by atoms with Crippen LogP contribution < -0.4 is 0 Å². The molecule has 1 saturated heterocycles. The van der Waals surface area contributed by atoms with Gasteiger partial charge < -0.3 is 33.9 Å². The maximum absolute atomic E-state index is 12.7. The van der Waals surface area contributed by atoms with Crippen molar-refractivity contribution in [3.63, 3.8) is 0 Å². The molecular weight excluding hydrogens is 528 g/mol. The summed E-state index contributed by atoms with van der Waals surface area (Å²) in [5.41, 5.74) is -0.559. The van der Waals surface area contributed by atoms with Gasteiger partial charge in [-0.15, -0.1) is 0 Å². The predicted octanol–water partition coefficient (Wildman–Crippen LogP) is 3.68. The summed E-state index contributed by atoms with van der Waals surface area (Å²) in [7, 11) is 1.62. The Morgan fingerprint density at radius 2 is 1.85 bits per heavy atom. The standard InChI is InChI=1S/C32H48O9/c1-17-29(35)24(37-5)14-27(39-17)41-21-8-10-30(3)20(13-21)6-7-23-22(30)9-11-31(4)28(19-12-26(34)38-16-19)25(40-18(2)33)15-32(23,31)36/h12,17,20-25,27-29,35-36H,6-11,13-16H2,1-5H3/t17?,20-,21+,22+,23-,24-,25+,27+,28+,29+,30+,31-,32+/m1/s1.